The van der Waals surface area contributed by atoms with E-state index in [9.17, 15) is 4.79 Å². The molecule has 0 amide bonds. The van der Waals surface area contributed by atoms with Gasteiger partial charge in [0.05, 0.1) is 5.69 Å². The maximum Gasteiger partial charge on any atom is 0.328 e. The molecule has 0 spiro atoms. The minimum absolute atomic E-state index is 0.0486. The van der Waals surface area contributed by atoms with Crippen LogP contribution >= 0.6 is 11.6 Å². The summed E-state index contributed by atoms with van der Waals surface area (Å²) in [6.45, 7) is 1.67. The highest BCUT2D eigenvalue weighted by Gasteiger charge is 2.05. The quantitative estimate of drug-likeness (QED) is 0.568. The number of halogens is 1. The maximum atomic E-state index is 10.3. The first-order valence-corrected chi connectivity index (χ1v) is 4.09. The van der Waals surface area contributed by atoms with E-state index in [-0.39, 0.29) is 11.1 Å². The van der Waals surface area contributed by atoms with Gasteiger partial charge >= 0.3 is 5.97 Å². The molecule has 1 heterocycles. The van der Waals surface area contributed by atoms with E-state index in [0.29, 0.717) is 11.3 Å². The van der Waals surface area contributed by atoms with Gasteiger partial charge in [0, 0.05) is 11.6 Å². The van der Waals surface area contributed by atoms with Crippen LogP contribution in [0.4, 0.5) is 5.82 Å². The number of anilines is 1. The van der Waals surface area contributed by atoms with Crippen molar-refractivity contribution in [3.63, 3.8) is 0 Å². The number of aliphatic carboxylic acids is 1. The van der Waals surface area contributed by atoms with E-state index in [4.69, 9.17) is 22.4 Å². The first-order valence-electron chi connectivity index (χ1n) is 3.71. The molecule has 0 atom stereocenters. The number of carboxylic acids is 1. The molecule has 0 fully saturated rings. The fraction of sp³-hybridized carbons (Fsp3) is 0.125. The highest BCUT2D eigenvalue weighted by molar-refractivity contribution is 6.28. The van der Waals surface area contributed by atoms with Crippen LogP contribution in [0.1, 0.15) is 11.3 Å². The minimum Gasteiger partial charge on any atom is -0.478 e. The summed E-state index contributed by atoms with van der Waals surface area (Å²) < 4.78 is 0. The summed E-state index contributed by atoms with van der Waals surface area (Å²) in [5.74, 6) is -0.890. The van der Waals surface area contributed by atoms with Crippen LogP contribution in [0.15, 0.2) is 6.08 Å². The van der Waals surface area contributed by atoms with Crippen molar-refractivity contribution in [2.45, 2.75) is 6.92 Å². The summed E-state index contributed by atoms with van der Waals surface area (Å²) in [6.07, 6.45) is 2.30. The molecule has 1 aromatic heterocycles. The van der Waals surface area contributed by atoms with Crippen LogP contribution in [0, 0.1) is 6.92 Å². The van der Waals surface area contributed by atoms with Gasteiger partial charge in [-0.2, -0.15) is 0 Å². The van der Waals surface area contributed by atoms with E-state index >= 15 is 0 Å². The lowest BCUT2D eigenvalue weighted by molar-refractivity contribution is -0.131. The number of hydrogen-bond acceptors (Lipinski definition) is 4. The van der Waals surface area contributed by atoms with Crippen molar-refractivity contribution in [2.75, 3.05) is 5.73 Å². The zero-order valence-corrected chi connectivity index (χ0v) is 8.12. The maximum absolute atomic E-state index is 10.3. The predicted molar refractivity (Wildman–Crippen MR) is 52.9 cm³/mol. The Kier molecular flexibility index (Phi) is 3.03. The number of hydrogen-bond donors (Lipinski definition) is 2. The minimum atomic E-state index is -1.06. The van der Waals surface area contributed by atoms with Gasteiger partial charge in [0.2, 0.25) is 5.28 Å². The molecule has 14 heavy (non-hydrogen) atoms. The average Bonchev–Trinajstić information content (AvgIpc) is 2.01. The third kappa shape index (κ3) is 2.43. The molecule has 0 saturated heterocycles. The van der Waals surface area contributed by atoms with Gasteiger partial charge in [0.1, 0.15) is 5.82 Å². The summed E-state index contributed by atoms with van der Waals surface area (Å²) in [5.41, 5.74) is 6.54. The van der Waals surface area contributed by atoms with Gasteiger partial charge in [-0.15, -0.1) is 0 Å². The van der Waals surface area contributed by atoms with Gasteiger partial charge in [-0.3, -0.25) is 0 Å². The Balaban J connectivity index is 3.15. The van der Waals surface area contributed by atoms with E-state index in [2.05, 4.69) is 9.97 Å². The number of aromatic nitrogens is 2. The Morgan fingerprint density at radius 1 is 1.57 bits per heavy atom. The second-order valence-corrected chi connectivity index (χ2v) is 2.89. The molecule has 6 heteroatoms. The fourth-order valence-electron chi connectivity index (χ4n) is 0.929. The summed E-state index contributed by atoms with van der Waals surface area (Å²) in [5, 5.41) is 8.47. The lowest BCUT2D eigenvalue weighted by atomic mass is 10.2. The van der Waals surface area contributed by atoms with Crippen molar-refractivity contribution in [1.29, 1.82) is 0 Å². The lowest BCUT2D eigenvalue weighted by Crippen LogP contribution is -2.00. The van der Waals surface area contributed by atoms with E-state index in [1.807, 2.05) is 0 Å². The molecular weight excluding hydrogens is 206 g/mol. The molecule has 0 bridgehead atoms. The Hall–Kier alpha value is -1.62. The van der Waals surface area contributed by atoms with Crippen LogP contribution in [-0.2, 0) is 4.79 Å². The normalized spacial score (nSPS) is 10.7. The number of nitrogens with two attached hydrogens (primary N) is 1. The average molecular weight is 214 g/mol. The summed E-state index contributed by atoms with van der Waals surface area (Å²) in [7, 11) is 0. The highest BCUT2D eigenvalue weighted by atomic mass is 35.5. The molecule has 1 aromatic rings. The molecule has 0 unspecified atom stereocenters. The Morgan fingerprint density at radius 3 is 2.71 bits per heavy atom. The molecule has 0 saturated carbocycles. The first-order chi connectivity index (χ1) is 6.50. The summed E-state index contributed by atoms with van der Waals surface area (Å²) >= 11 is 5.54. The van der Waals surface area contributed by atoms with Gasteiger partial charge < -0.3 is 10.8 Å². The largest absolute Gasteiger partial charge is 0.478 e. The van der Waals surface area contributed by atoms with Crippen LogP contribution in [0.5, 0.6) is 0 Å². The van der Waals surface area contributed by atoms with Crippen molar-refractivity contribution in [3.8, 4) is 0 Å². The number of carboxylic acid groups (broad SMARTS) is 1. The zero-order valence-electron chi connectivity index (χ0n) is 7.36. The van der Waals surface area contributed by atoms with Crippen LogP contribution in [0.25, 0.3) is 6.08 Å². The van der Waals surface area contributed by atoms with Crippen LogP contribution in [0.3, 0.4) is 0 Å². The van der Waals surface area contributed by atoms with Crippen molar-refractivity contribution in [1.82, 2.24) is 9.97 Å². The lowest BCUT2D eigenvalue weighted by Gasteiger charge is -2.02. The van der Waals surface area contributed by atoms with Gasteiger partial charge in [-0.05, 0) is 24.6 Å². The van der Waals surface area contributed by atoms with E-state index < -0.39 is 5.97 Å². The molecule has 3 N–H and O–H groups in total. The van der Waals surface area contributed by atoms with E-state index in [1.54, 1.807) is 6.92 Å². The topological polar surface area (TPSA) is 89.1 Å². The van der Waals surface area contributed by atoms with Crippen molar-refractivity contribution >= 4 is 29.5 Å². The molecule has 0 aliphatic carbocycles. The molecule has 0 aliphatic heterocycles. The van der Waals surface area contributed by atoms with Crippen LogP contribution in [-0.4, -0.2) is 21.0 Å². The highest BCUT2D eigenvalue weighted by Crippen LogP contribution is 2.16. The smallest absolute Gasteiger partial charge is 0.328 e. The molecule has 0 aliphatic rings. The number of rotatable bonds is 2. The fourth-order valence-corrected chi connectivity index (χ4v) is 1.15. The number of nitrogens with zero attached hydrogens (tertiary/aromatic N) is 2. The SMILES string of the molecule is Cc1nc(Cl)nc(N)c1/C=C/C(=O)O. The Bertz CT molecular complexity index is 381. The molecule has 0 aromatic carbocycles. The zero-order chi connectivity index (χ0) is 10.7. The van der Waals surface area contributed by atoms with Gasteiger partial charge in [-0.25, -0.2) is 14.8 Å². The first kappa shape index (κ1) is 10.5. The molecule has 0 radical (unpaired) electrons. The van der Waals surface area contributed by atoms with Crippen molar-refractivity contribution in [3.05, 3.63) is 22.6 Å². The standard InChI is InChI=1S/C8H8ClN3O2/c1-4-5(2-3-6(13)14)7(10)12-8(9)11-4/h2-3H,1H3,(H,13,14)(H2,10,11,12)/b3-2+. The van der Waals surface area contributed by atoms with Gasteiger partial charge in [-0.1, -0.05) is 0 Å². The van der Waals surface area contributed by atoms with Crippen LogP contribution in [0.2, 0.25) is 5.28 Å². The molecule has 1 rings (SSSR count). The van der Waals surface area contributed by atoms with Crippen LogP contribution < -0.4 is 5.73 Å². The van der Waals surface area contributed by atoms with E-state index in [1.165, 1.54) is 6.08 Å². The molecular formula is C8H8ClN3O2. The Morgan fingerprint density at radius 2 is 2.21 bits per heavy atom. The van der Waals surface area contributed by atoms with Gasteiger partial charge in [0.15, 0.2) is 0 Å². The van der Waals surface area contributed by atoms with Crippen molar-refractivity contribution < 1.29 is 9.90 Å². The molecule has 5 nitrogen and oxygen atoms in total. The summed E-state index contributed by atoms with van der Waals surface area (Å²) in [4.78, 5) is 17.8. The third-order valence-corrected chi connectivity index (χ3v) is 1.70. The predicted octanol–water partition coefficient (Wildman–Crippen LogP) is 1.12. The summed E-state index contributed by atoms with van der Waals surface area (Å²) in [6, 6.07) is 0. The second-order valence-electron chi connectivity index (χ2n) is 2.55. The number of aryl methyl sites for hydroxylation is 1. The van der Waals surface area contributed by atoms with Gasteiger partial charge in [0.25, 0.3) is 0 Å². The number of carbonyl (C=O) groups is 1. The number of nitrogen functional groups attached to an aromatic ring is 1. The Labute approximate surface area is 85.2 Å². The monoisotopic (exact) mass is 213 g/mol. The molecule has 74 valence electrons. The van der Waals surface area contributed by atoms with E-state index in [0.717, 1.165) is 6.08 Å². The third-order valence-electron chi connectivity index (χ3n) is 1.53. The second kappa shape index (κ2) is 4.06. The van der Waals surface area contributed by atoms with Crippen molar-refractivity contribution in [2.24, 2.45) is 0 Å².